The lowest BCUT2D eigenvalue weighted by atomic mass is 10.1. The summed E-state index contributed by atoms with van der Waals surface area (Å²) >= 11 is 11.7. The molecule has 0 saturated carbocycles. The van der Waals surface area contributed by atoms with E-state index in [9.17, 15) is 0 Å². The van der Waals surface area contributed by atoms with Crippen LogP contribution in [0.4, 0.5) is 0 Å². The predicted octanol–water partition coefficient (Wildman–Crippen LogP) is 3.08. The minimum atomic E-state index is 0.264. The van der Waals surface area contributed by atoms with Gasteiger partial charge >= 0.3 is 0 Å². The van der Waals surface area contributed by atoms with Crippen LogP contribution in [0.15, 0.2) is 12.1 Å². The van der Waals surface area contributed by atoms with Crippen LogP contribution in [0, 0.1) is 0 Å². The molecule has 2 heterocycles. The van der Waals surface area contributed by atoms with Gasteiger partial charge in [0, 0.05) is 18.8 Å². The van der Waals surface area contributed by atoms with Crippen LogP contribution in [0.2, 0.25) is 10.3 Å². The molecule has 0 amide bonds. The van der Waals surface area contributed by atoms with Gasteiger partial charge in [-0.15, -0.1) is 0 Å². The van der Waals surface area contributed by atoms with E-state index < -0.39 is 0 Å². The van der Waals surface area contributed by atoms with Crippen molar-refractivity contribution >= 4 is 23.2 Å². The van der Waals surface area contributed by atoms with E-state index in [0.717, 1.165) is 31.6 Å². The largest absolute Gasteiger partial charge is 0.381 e. The average molecular weight is 262 g/mol. The Kier molecular flexibility index (Phi) is 4.41. The first-order valence-corrected chi connectivity index (χ1v) is 6.01. The van der Waals surface area contributed by atoms with E-state index in [1.165, 1.54) is 0 Å². The third-order valence-corrected chi connectivity index (χ3v) is 3.07. The van der Waals surface area contributed by atoms with Crippen LogP contribution < -0.4 is 0 Å². The molecule has 0 spiro atoms. The third-order valence-electron chi connectivity index (χ3n) is 2.53. The summed E-state index contributed by atoms with van der Waals surface area (Å²) in [6, 6.07) is 3.56. The van der Waals surface area contributed by atoms with Gasteiger partial charge in [0.2, 0.25) is 0 Å². The monoisotopic (exact) mass is 261 g/mol. The number of hydrogen-bond acceptors (Lipinski definition) is 3. The third kappa shape index (κ3) is 3.32. The molecule has 0 radical (unpaired) electrons. The number of rotatable bonds is 3. The van der Waals surface area contributed by atoms with Crippen molar-refractivity contribution in [1.29, 1.82) is 0 Å². The molecule has 1 fully saturated rings. The van der Waals surface area contributed by atoms with Gasteiger partial charge in [0.15, 0.2) is 0 Å². The van der Waals surface area contributed by atoms with Crippen molar-refractivity contribution in [1.82, 2.24) is 4.98 Å². The fourth-order valence-corrected chi connectivity index (χ4v) is 2.00. The zero-order valence-corrected chi connectivity index (χ0v) is 10.3. The topological polar surface area (TPSA) is 31.4 Å². The van der Waals surface area contributed by atoms with E-state index >= 15 is 0 Å². The molecule has 5 heteroatoms. The molecule has 0 aromatic carbocycles. The Labute approximate surface area is 105 Å². The fourth-order valence-electron chi connectivity index (χ4n) is 1.60. The van der Waals surface area contributed by atoms with Crippen LogP contribution >= 0.6 is 23.2 Å². The number of nitrogens with zero attached hydrogens (tertiary/aromatic N) is 1. The molecule has 0 atom stereocenters. The predicted molar refractivity (Wildman–Crippen MR) is 62.9 cm³/mol. The highest BCUT2D eigenvalue weighted by molar-refractivity contribution is 6.32. The van der Waals surface area contributed by atoms with Crippen molar-refractivity contribution in [2.45, 2.75) is 25.6 Å². The van der Waals surface area contributed by atoms with Gasteiger partial charge in [-0.1, -0.05) is 29.3 Å². The molecule has 0 bridgehead atoms. The number of hydrogen-bond donors (Lipinski definition) is 0. The normalized spacial score (nSPS) is 17.6. The number of halogens is 2. The zero-order valence-electron chi connectivity index (χ0n) is 8.79. The Morgan fingerprint density at radius 3 is 2.75 bits per heavy atom. The highest BCUT2D eigenvalue weighted by Gasteiger charge is 2.14. The molecule has 0 aliphatic carbocycles. The fraction of sp³-hybridized carbons (Fsp3) is 0.545. The molecule has 2 rings (SSSR count). The van der Waals surface area contributed by atoms with Crippen LogP contribution in [-0.4, -0.2) is 24.3 Å². The summed E-state index contributed by atoms with van der Waals surface area (Å²) in [7, 11) is 0. The van der Waals surface area contributed by atoms with E-state index in [1.807, 2.05) is 6.07 Å². The number of ether oxygens (including phenoxy) is 2. The quantitative estimate of drug-likeness (QED) is 0.784. The van der Waals surface area contributed by atoms with Crippen molar-refractivity contribution in [3.63, 3.8) is 0 Å². The van der Waals surface area contributed by atoms with E-state index in [0.29, 0.717) is 16.9 Å². The molecule has 1 aromatic rings. The Morgan fingerprint density at radius 2 is 2.06 bits per heavy atom. The van der Waals surface area contributed by atoms with Crippen LogP contribution in [0.25, 0.3) is 0 Å². The Bertz CT molecular complexity index is 354. The van der Waals surface area contributed by atoms with Crippen molar-refractivity contribution in [3.8, 4) is 0 Å². The Hall–Kier alpha value is -0.350. The van der Waals surface area contributed by atoms with Gasteiger partial charge in [0.25, 0.3) is 0 Å². The van der Waals surface area contributed by atoms with E-state index in [2.05, 4.69) is 4.98 Å². The minimum absolute atomic E-state index is 0.264. The summed E-state index contributed by atoms with van der Waals surface area (Å²) < 4.78 is 11.0. The van der Waals surface area contributed by atoms with Gasteiger partial charge in [-0.05, 0) is 18.9 Å². The molecule has 1 aliphatic heterocycles. The van der Waals surface area contributed by atoms with Gasteiger partial charge in [-0.2, -0.15) is 0 Å². The van der Waals surface area contributed by atoms with Crippen LogP contribution in [0.5, 0.6) is 0 Å². The molecule has 0 N–H and O–H groups in total. The van der Waals surface area contributed by atoms with Crippen LogP contribution in [-0.2, 0) is 16.1 Å². The van der Waals surface area contributed by atoms with Gasteiger partial charge in [0.05, 0.1) is 12.7 Å². The standard InChI is InChI=1S/C11H13Cl2NO2/c12-10-2-1-8(11(13)14-10)7-16-9-3-5-15-6-4-9/h1-2,9H,3-7H2. The van der Waals surface area contributed by atoms with Gasteiger partial charge in [-0.25, -0.2) is 4.98 Å². The SMILES string of the molecule is Clc1ccc(COC2CCOCC2)c(Cl)n1. The number of aromatic nitrogens is 1. The van der Waals surface area contributed by atoms with Crippen molar-refractivity contribution in [2.24, 2.45) is 0 Å². The van der Waals surface area contributed by atoms with Crippen molar-refractivity contribution in [3.05, 3.63) is 28.0 Å². The molecule has 0 unspecified atom stereocenters. The molecular formula is C11H13Cl2NO2. The lowest BCUT2D eigenvalue weighted by Crippen LogP contribution is -2.23. The lowest BCUT2D eigenvalue weighted by Gasteiger charge is -2.22. The molecule has 1 saturated heterocycles. The second kappa shape index (κ2) is 5.82. The number of pyridine rings is 1. The maximum Gasteiger partial charge on any atom is 0.136 e. The minimum Gasteiger partial charge on any atom is -0.381 e. The molecule has 3 nitrogen and oxygen atoms in total. The smallest absolute Gasteiger partial charge is 0.136 e. The molecule has 16 heavy (non-hydrogen) atoms. The maximum absolute atomic E-state index is 5.95. The summed E-state index contributed by atoms with van der Waals surface area (Å²) in [5.74, 6) is 0. The summed E-state index contributed by atoms with van der Waals surface area (Å²) in [4.78, 5) is 3.96. The molecule has 88 valence electrons. The first kappa shape index (κ1) is 12.1. The Morgan fingerprint density at radius 1 is 1.31 bits per heavy atom. The van der Waals surface area contributed by atoms with Gasteiger partial charge < -0.3 is 9.47 Å². The van der Waals surface area contributed by atoms with Gasteiger partial charge in [0.1, 0.15) is 10.3 Å². The van der Waals surface area contributed by atoms with E-state index in [1.54, 1.807) is 6.07 Å². The lowest BCUT2D eigenvalue weighted by molar-refractivity contribution is -0.0391. The molecular weight excluding hydrogens is 249 g/mol. The summed E-state index contributed by atoms with van der Waals surface area (Å²) in [5, 5.41) is 0.819. The Balaban J connectivity index is 1.88. The summed E-state index contributed by atoms with van der Waals surface area (Å²) in [6.07, 6.45) is 2.15. The summed E-state index contributed by atoms with van der Waals surface area (Å²) in [6.45, 7) is 2.03. The highest BCUT2D eigenvalue weighted by Crippen LogP contribution is 2.19. The van der Waals surface area contributed by atoms with Gasteiger partial charge in [-0.3, -0.25) is 0 Å². The first-order valence-electron chi connectivity index (χ1n) is 5.26. The molecule has 1 aromatic heterocycles. The average Bonchev–Trinajstić information content (AvgIpc) is 2.29. The van der Waals surface area contributed by atoms with Crippen LogP contribution in [0.3, 0.4) is 0 Å². The van der Waals surface area contributed by atoms with Crippen molar-refractivity contribution in [2.75, 3.05) is 13.2 Å². The van der Waals surface area contributed by atoms with Crippen LogP contribution in [0.1, 0.15) is 18.4 Å². The highest BCUT2D eigenvalue weighted by atomic mass is 35.5. The maximum atomic E-state index is 5.95. The second-order valence-electron chi connectivity index (χ2n) is 3.71. The van der Waals surface area contributed by atoms with Crippen molar-refractivity contribution < 1.29 is 9.47 Å². The first-order chi connectivity index (χ1) is 7.75. The summed E-state index contributed by atoms with van der Waals surface area (Å²) in [5.41, 5.74) is 0.873. The van der Waals surface area contributed by atoms with E-state index in [4.69, 9.17) is 32.7 Å². The second-order valence-corrected chi connectivity index (χ2v) is 4.45. The van der Waals surface area contributed by atoms with E-state index in [-0.39, 0.29) is 6.10 Å². The zero-order chi connectivity index (χ0) is 11.4. The molecule has 1 aliphatic rings.